The van der Waals surface area contributed by atoms with E-state index in [-0.39, 0.29) is 16.5 Å². The minimum Gasteiger partial charge on any atom is -0.295 e. The maximum absolute atomic E-state index is 12.7. The van der Waals surface area contributed by atoms with Crippen LogP contribution in [0.1, 0.15) is 17.3 Å². The highest BCUT2D eigenvalue weighted by atomic mass is 32.2. The van der Waals surface area contributed by atoms with Crippen LogP contribution in [0.4, 0.5) is 10.2 Å². The van der Waals surface area contributed by atoms with Gasteiger partial charge in [0.15, 0.2) is 5.78 Å². The second-order valence-corrected chi connectivity index (χ2v) is 5.73. The molecule has 0 aliphatic carbocycles. The Morgan fingerprint density at radius 1 is 1.25 bits per heavy atom. The number of anilines is 1. The summed E-state index contributed by atoms with van der Waals surface area (Å²) in [4.78, 5) is 14.8. The predicted octanol–water partition coefficient (Wildman–Crippen LogP) is 2.22. The number of Topliss-reactive ketones (excluding diaryl/α,β-unsaturated/α-hetero) is 1. The fourth-order valence-corrected chi connectivity index (χ4v) is 2.57. The highest BCUT2D eigenvalue weighted by Crippen LogP contribution is 2.16. The Labute approximate surface area is 115 Å². The zero-order chi connectivity index (χ0) is 14.8. The molecule has 104 valence electrons. The molecule has 2 rings (SSSR count). The van der Waals surface area contributed by atoms with Crippen molar-refractivity contribution in [3.8, 4) is 0 Å². The predicted molar refractivity (Wildman–Crippen MR) is 71.5 cm³/mol. The minimum atomic E-state index is -3.87. The fraction of sp³-hybridized carbons (Fsp3) is 0.0769. The lowest BCUT2D eigenvalue weighted by atomic mass is 10.2. The topological polar surface area (TPSA) is 76.1 Å². The summed E-state index contributed by atoms with van der Waals surface area (Å²) >= 11 is 0. The average Bonchev–Trinajstić information content (AvgIpc) is 2.41. The first-order chi connectivity index (χ1) is 9.38. The highest BCUT2D eigenvalue weighted by molar-refractivity contribution is 7.92. The largest absolute Gasteiger partial charge is 0.295 e. The third-order valence-corrected chi connectivity index (χ3v) is 3.87. The van der Waals surface area contributed by atoms with Crippen molar-refractivity contribution in [2.24, 2.45) is 0 Å². The Hall–Kier alpha value is -2.28. The molecule has 7 heteroatoms. The van der Waals surface area contributed by atoms with Gasteiger partial charge in [-0.2, -0.15) is 0 Å². The van der Waals surface area contributed by atoms with E-state index < -0.39 is 15.8 Å². The molecule has 0 atom stereocenters. The summed E-state index contributed by atoms with van der Waals surface area (Å²) < 4.78 is 39.1. The van der Waals surface area contributed by atoms with Crippen LogP contribution in [0.15, 0.2) is 47.5 Å². The summed E-state index contributed by atoms with van der Waals surface area (Å²) in [6, 6.07) is 7.94. The number of benzene rings is 1. The van der Waals surface area contributed by atoms with Crippen molar-refractivity contribution in [1.82, 2.24) is 4.98 Å². The van der Waals surface area contributed by atoms with Gasteiger partial charge in [0, 0.05) is 5.56 Å². The number of halogens is 1. The van der Waals surface area contributed by atoms with Crippen LogP contribution in [0.3, 0.4) is 0 Å². The van der Waals surface area contributed by atoms with Gasteiger partial charge in [0.25, 0.3) is 10.0 Å². The summed E-state index contributed by atoms with van der Waals surface area (Å²) in [5.74, 6) is -0.798. The third kappa shape index (κ3) is 3.18. The summed E-state index contributed by atoms with van der Waals surface area (Å²) in [5.41, 5.74) is 0.292. The number of hydrogen-bond donors (Lipinski definition) is 1. The molecule has 0 spiro atoms. The quantitative estimate of drug-likeness (QED) is 0.877. The molecule has 0 unspecified atom stereocenters. The van der Waals surface area contributed by atoms with Crippen LogP contribution < -0.4 is 4.72 Å². The van der Waals surface area contributed by atoms with E-state index in [1.807, 2.05) is 0 Å². The molecule has 0 amide bonds. The Balaban J connectivity index is 2.33. The molecular weight excluding hydrogens is 283 g/mol. The number of nitrogens with zero attached hydrogens (tertiary/aromatic N) is 1. The van der Waals surface area contributed by atoms with E-state index in [1.165, 1.54) is 37.3 Å². The molecule has 1 heterocycles. The van der Waals surface area contributed by atoms with Crippen LogP contribution in [-0.2, 0) is 10.0 Å². The summed E-state index contributed by atoms with van der Waals surface area (Å²) in [7, 11) is -3.87. The summed E-state index contributed by atoms with van der Waals surface area (Å²) in [6.45, 7) is 1.35. The number of rotatable bonds is 4. The number of ketones is 1. The van der Waals surface area contributed by atoms with Gasteiger partial charge in [-0.05, 0) is 31.2 Å². The van der Waals surface area contributed by atoms with Gasteiger partial charge in [0.2, 0.25) is 0 Å². The second kappa shape index (κ2) is 5.38. The van der Waals surface area contributed by atoms with Crippen molar-refractivity contribution >= 4 is 21.6 Å². The maximum atomic E-state index is 12.7. The zero-order valence-electron chi connectivity index (χ0n) is 10.5. The van der Waals surface area contributed by atoms with E-state index in [1.54, 1.807) is 0 Å². The molecule has 0 aliphatic rings. The summed E-state index contributed by atoms with van der Waals surface area (Å²) in [5, 5.41) is 0. The van der Waals surface area contributed by atoms with Gasteiger partial charge < -0.3 is 0 Å². The van der Waals surface area contributed by atoms with Crippen LogP contribution >= 0.6 is 0 Å². The van der Waals surface area contributed by atoms with Gasteiger partial charge in [-0.1, -0.05) is 12.1 Å². The number of nitrogens with one attached hydrogen (secondary N) is 1. The minimum absolute atomic E-state index is 0.000344. The lowest BCUT2D eigenvalue weighted by Crippen LogP contribution is -2.14. The van der Waals surface area contributed by atoms with Gasteiger partial charge in [-0.15, -0.1) is 0 Å². The van der Waals surface area contributed by atoms with Gasteiger partial charge in [0.1, 0.15) is 11.6 Å². The van der Waals surface area contributed by atoms with Crippen molar-refractivity contribution in [3.05, 3.63) is 54.0 Å². The van der Waals surface area contributed by atoms with Crippen molar-refractivity contribution in [1.29, 1.82) is 0 Å². The summed E-state index contributed by atoms with van der Waals surface area (Å²) in [6.07, 6.45) is 0.907. The number of aromatic nitrogens is 1. The van der Waals surface area contributed by atoms with E-state index in [0.29, 0.717) is 5.56 Å². The van der Waals surface area contributed by atoms with Crippen LogP contribution in [-0.4, -0.2) is 19.2 Å². The molecule has 1 aromatic carbocycles. The lowest BCUT2D eigenvalue weighted by Gasteiger charge is -2.07. The number of carbonyl (C=O) groups is 1. The molecule has 1 aromatic heterocycles. The first kappa shape index (κ1) is 14.1. The molecule has 0 aliphatic heterocycles. The van der Waals surface area contributed by atoms with Crippen molar-refractivity contribution in [3.63, 3.8) is 0 Å². The van der Waals surface area contributed by atoms with Crippen LogP contribution in [0.5, 0.6) is 0 Å². The molecule has 0 saturated carbocycles. The van der Waals surface area contributed by atoms with Gasteiger partial charge in [-0.25, -0.2) is 17.8 Å². The molecule has 0 bridgehead atoms. The first-order valence-electron chi connectivity index (χ1n) is 5.64. The van der Waals surface area contributed by atoms with Crippen LogP contribution in [0.25, 0.3) is 0 Å². The smallest absolute Gasteiger partial charge is 0.263 e. The van der Waals surface area contributed by atoms with E-state index in [2.05, 4.69) is 9.71 Å². The molecule has 20 heavy (non-hydrogen) atoms. The number of hydrogen-bond acceptors (Lipinski definition) is 4. The Morgan fingerprint density at radius 2 is 2.00 bits per heavy atom. The zero-order valence-corrected chi connectivity index (χ0v) is 11.3. The van der Waals surface area contributed by atoms with Crippen molar-refractivity contribution < 1.29 is 17.6 Å². The van der Waals surface area contributed by atoms with E-state index in [0.717, 1.165) is 12.3 Å². The second-order valence-electron chi connectivity index (χ2n) is 4.05. The van der Waals surface area contributed by atoms with Crippen LogP contribution in [0.2, 0.25) is 0 Å². The number of carbonyl (C=O) groups excluding carboxylic acids is 1. The molecule has 5 nitrogen and oxygen atoms in total. The standard InChI is InChI=1S/C13H11FN2O3S/c1-9(17)10-3-2-4-12(7-10)20(18,19)16-13-6-5-11(14)8-15-13/h2-8H,1H3,(H,15,16). The molecule has 0 fully saturated rings. The maximum Gasteiger partial charge on any atom is 0.263 e. The highest BCUT2D eigenvalue weighted by Gasteiger charge is 2.16. The fourth-order valence-electron chi connectivity index (χ4n) is 1.52. The monoisotopic (exact) mass is 294 g/mol. The van der Waals surface area contributed by atoms with Gasteiger partial charge >= 0.3 is 0 Å². The van der Waals surface area contributed by atoms with Crippen molar-refractivity contribution in [2.75, 3.05) is 4.72 Å². The molecule has 2 aromatic rings. The molecule has 1 N–H and O–H groups in total. The first-order valence-corrected chi connectivity index (χ1v) is 7.12. The Morgan fingerprint density at radius 3 is 2.60 bits per heavy atom. The Bertz CT molecular complexity index is 742. The van der Waals surface area contributed by atoms with Gasteiger partial charge in [-0.3, -0.25) is 9.52 Å². The number of pyridine rings is 1. The molecule has 0 saturated heterocycles. The third-order valence-electron chi connectivity index (χ3n) is 2.52. The average molecular weight is 294 g/mol. The van der Waals surface area contributed by atoms with Crippen molar-refractivity contribution in [2.45, 2.75) is 11.8 Å². The normalized spacial score (nSPS) is 11.1. The Kier molecular flexibility index (Phi) is 3.80. The SMILES string of the molecule is CC(=O)c1cccc(S(=O)(=O)Nc2ccc(F)cn2)c1. The molecular formula is C13H11FN2O3S. The molecule has 0 radical (unpaired) electrons. The van der Waals surface area contributed by atoms with E-state index in [4.69, 9.17) is 0 Å². The van der Waals surface area contributed by atoms with E-state index >= 15 is 0 Å². The lowest BCUT2D eigenvalue weighted by molar-refractivity contribution is 0.101. The number of sulfonamides is 1. The van der Waals surface area contributed by atoms with Crippen LogP contribution in [0, 0.1) is 5.82 Å². The van der Waals surface area contributed by atoms with E-state index in [9.17, 15) is 17.6 Å². The van der Waals surface area contributed by atoms with Gasteiger partial charge in [0.05, 0.1) is 11.1 Å².